The van der Waals surface area contributed by atoms with Crippen molar-refractivity contribution in [1.29, 1.82) is 0 Å². The molecule has 1 saturated heterocycles. The van der Waals surface area contributed by atoms with E-state index in [1.54, 1.807) is 42.3 Å². The topological polar surface area (TPSA) is 126 Å². The van der Waals surface area contributed by atoms with E-state index >= 15 is 0 Å². The van der Waals surface area contributed by atoms with Gasteiger partial charge in [-0.15, -0.1) is 15.3 Å². The van der Waals surface area contributed by atoms with E-state index in [1.165, 1.54) is 6.07 Å². The van der Waals surface area contributed by atoms with E-state index in [1.807, 2.05) is 0 Å². The third-order valence-corrected chi connectivity index (χ3v) is 5.56. The van der Waals surface area contributed by atoms with Gasteiger partial charge in [0.15, 0.2) is 5.65 Å². The Kier molecular flexibility index (Phi) is 6.89. The molecule has 1 aliphatic rings. The van der Waals surface area contributed by atoms with Crippen molar-refractivity contribution in [1.82, 2.24) is 30.7 Å². The van der Waals surface area contributed by atoms with Crippen LogP contribution in [0.4, 0.5) is 24.7 Å². The number of hydrogen-bond acceptors (Lipinski definition) is 8. The average Bonchev–Trinajstić information content (AvgIpc) is 3.30. The van der Waals surface area contributed by atoms with Crippen LogP contribution in [0.2, 0.25) is 0 Å². The van der Waals surface area contributed by atoms with Gasteiger partial charge in [-0.05, 0) is 49.2 Å². The number of amides is 2. The highest BCUT2D eigenvalue weighted by Crippen LogP contribution is 2.28. The van der Waals surface area contributed by atoms with Crippen LogP contribution in [0.25, 0.3) is 5.65 Å². The van der Waals surface area contributed by atoms with Crippen molar-refractivity contribution < 1.29 is 27.5 Å². The molecule has 35 heavy (non-hydrogen) atoms. The highest BCUT2D eigenvalue weighted by atomic mass is 19.4. The summed E-state index contributed by atoms with van der Waals surface area (Å²) in [6.45, 7) is 0.780. The largest absolute Gasteiger partial charge is 0.497 e. The first-order valence-corrected chi connectivity index (χ1v) is 10.8. The Labute approximate surface area is 197 Å². The molecule has 1 aliphatic heterocycles. The molecule has 14 heteroatoms. The third-order valence-electron chi connectivity index (χ3n) is 5.56. The van der Waals surface area contributed by atoms with Crippen LogP contribution in [0.15, 0.2) is 36.4 Å². The maximum absolute atomic E-state index is 13.1. The van der Waals surface area contributed by atoms with Gasteiger partial charge in [-0.25, -0.2) is 0 Å². The van der Waals surface area contributed by atoms with Crippen LogP contribution >= 0.6 is 0 Å². The predicted octanol–water partition coefficient (Wildman–Crippen LogP) is 1.63. The lowest BCUT2D eigenvalue weighted by Crippen LogP contribution is -2.48. The number of piperidine rings is 1. The van der Waals surface area contributed by atoms with Crippen molar-refractivity contribution in [2.24, 2.45) is 5.92 Å². The molecule has 0 atom stereocenters. The zero-order valence-corrected chi connectivity index (χ0v) is 18.7. The molecule has 1 aromatic carbocycles. The zero-order valence-electron chi connectivity index (χ0n) is 18.7. The quantitative estimate of drug-likeness (QED) is 0.444. The summed E-state index contributed by atoms with van der Waals surface area (Å²) in [5.41, 5.74) is 5.52. The number of nitrogens with one attached hydrogen (secondary N) is 3. The molecular formula is C21H23F3N8O3. The van der Waals surface area contributed by atoms with Crippen LogP contribution < -0.4 is 25.8 Å². The van der Waals surface area contributed by atoms with Crippen LogP contribution in [0.3, 0.4) is 0 Å². The number of benzene rings is 1. The number of carbonyl (C=O) groups excluding carboxylic acids is 2. The van der Waals surface area contributed by atoms with Gasteiger partial charge in [0.1, 0.15) is 11.6 Å². The summed E-state index contributed by atoms with van der Waals surface area (Å²) in [5, 5.41) is 13.6. The number of ether oxygens (including phenoxy) is 1. The van der Waals surface area contributed by atoms with Gasteiger partial charge < -0.3 is 15.0 Å². The lowest BCUT2D eigenvalue weighted by atomic mass is 9.96. The van der Waals surface area contributed by atoms with Gasteiger partial charge in [0, 0.05) is 24.7 Å². The molecule has 11 nitrogen and oxygen atoms in total. The summed E-state index contributed by atoms with van der Waals surface area (Å²) in [6.07, 6.45) is -3.79. The lowest BCUT2D eigenvalue weighted by molar-refractivity contribution is -0.146. The van der Waals surface area contributed by atoms with Crippen LogP contribution in [0.5, 0.6) is 5.75 Å². The van der Waals surface area contributed by atoms with E-state index in [0.29, 0.717) is 42.0 Å². The molecule has 2 aromatic heterocycles. The van der Waals surface area contributed by atoms with Crippen LogP contribution in [-0.4, -0.2) is 58.4 Å². The van der Waals surface area contributed by atoms with E-state index in [-0.39, 0.29) is 24.0 Å². The number of hydrogen-bond donors (Lipinski definition) is 3. The minimum Gasteiger partial charge on any atom is -0.497 e. The molecule has 186 valence electrons. The molecule has 1 fully saturated rings. The highest BCUT2D eigenvalue weighted by Gasteiger charge is 2.38. The molecule has 0 unspecified atom stereocenters. The van der Waals surface area contributed by atoms with E-state index in [4.69, 9.17) is 4.74 Å². The number of fused-ring (bicyclic) bond motifs is 1. The van der Waals surface area contributed by atoms with Crippen LogP contribution in [0, 0.1) is 5.92 Å². The summed E-state index contributed by atoms with van der Waals surface area (Å²) < 4.78 is 45.0. The third kappa shape index (κ3) is 5.70. The molecule has 3 heterocycles. The van der Waals surface area contributed by atoms with E-state index in [0.717, 1.165) is 5.69 Å². The Hall–Kier alpha value is -4.10. The van der Waals surface area contributed by atoms with Gasteiger partial charge in [-0.3, -0.25) is 20.4 Å². The molecule has 0 radical (unpaired) electrons. The molecule has 3 aromatic rings. The Morgan fingerprint density at radius 2 is 1.77 bits per heavy atom. The fraction of sp³-hybridized carbons (Fsp3) is 0.381. The molecule has 4 rings (SSSR count). The number of alkyl halides is 3. The maximum atomic E-state index is 13.1. The number of carbonyl (C=O) groups is 2. The average molecular weight is 492 g/mol. The Morgan fingerprint density at radius 3 is 2.43 bits per heavy atom. The second-order valence-electron chi connectivity index (χ2n) is 7.86. The summed E-state index contributed by atoms with van der Waals surface area (Å²) in [5.74, 6) is -1.27. The fourth-order valence-electron chi connectivity index (χ4n) is 3.66. The van der Waals surface area contributed by atoms with Crippen molar-refractivity contribution in [3.8, 4) is 5.75 Å². The highest BCUT2D eigenvalue weighted by molar-refractivity contribution is 5.85. The van der Waals surface area contributed by atoms with E-state index in [9.17, 15) is 22.8 Å². The van der Waals surface area contributed by atoms with Crippen molar-refractivity contribution >= 4 is 29.0 Å². The molecule has 0 spiro atoms. The second-order valence-corrected chi connectivity index (χ2v) is 7.86. The predicted molar refractivity (Wildman–Crippen MR) is 118 cm³/mol. The second kappa shape index (κ2) is 10.0. The van der Waals surface area contributed by atoms with Gasteiger partial charge in [-0.2, -0.15) is 17.7 Å². The van der Waals surface area contributed by atoms with Crippen LogP contribution in [-0.2, 0) is 15.8 Å². The maximum Gasteiger partial charge on any atom is 0.453 e. The molecule has 3 N–H and O–H groups in total. The Morgan fingerprint density at radius 1 is 1.06 bits per heavy atom. The van der Waals surface area contributed by atoms with Crippen molar-refractivity contribution in [2.75, 3.05) is 37.0 Å². The molecule has 2 amide bonds. The Balaban J connectivity index is 1.24. The normalized spacial score (nSPS) is 14.6. The molecule has 0 bridgehead atoms. The van der Waals surface area contributed by atoms with Crippen molar-refractivity contribution in [3.63, 3.8) is 0 Å². The summed E-state index contributed by atoms with van der Waals surface area (Å²) in [7, 11) is 1.56. The van der Waals surface area contributed by atoms with Gasteiger partial charge in [0.05, 0.1) is 13.7 Å². The summed E-state index contributed by atoms with van der Waals surface area (Å²) in [6, 6.07) is 10.0. The SMILES string of the molecule is COc1ccc(NCC(=O)NNC(=O)C2CCN(c3ccc4nnc(C(F)(F)F)n4n3)CC2)cc1. The number of halogens is 3. The number of hydrazine groups is 1. The number of methoxy groups -OCH3 is 1. The van der Waals surface area contributed by atoms with E-state index < -0.39 is 17.9 Å². The summed E-state index contributed by atoms with van der Waals surface area (Å²) >= 11 is 0. The Bertz CT molecular complexity index is 1190. The smallest absolute Gasteiger partial charge is 0.453 e. The molecule has 0 saturated carbocycles. The number of nitrogens with zero attached hydrogens (tertiary/aromatic N) is 5. The zero-order chi connectivity index (χ0) is 25.0. The minimum atomic E-state index is -4.68. The first kappa shape index (κ1) is 24.0. The van der Waals surface area contributed by atoms with Gasteiger partial charge in [0.25, 0.3) is 11.7 Å². The van der Waals surface area contributed by atoms with Crippen LogP contribution in [0.1, 0.15) is 18.7 Å². The van der Waals surface area contributed by atoms with E-state index in [2.05, 4.69) is 31.5 Å². The first-order valence-electron chi connectivity index (χ1n) is 10.8. The van der Waals surface area contributed by atoms with Crippen molar-refractivity contribution in [2.45, 2.75) is 19.0 Å². The van der Waals surface area contributed by atoms with Gasteiger partial charge >= 0.3 is 6.18 Å². The standard InChI is InChI=1S/C21H23F3N8O3/c1-35-15-4-2-14(3-5-15)25-12-18(33)27-28-19(34)13-8-10-31(11-9-13)17-7-6-16-26-29-20(21(22,23)24)32(16)30-17/h2-7,13,25H,8-12H2,1H3,(H,27,33)(H,28,34). The fourth-order valence-corrected chi connectivity index (χ4v) is 3.66. The lowest BCUT2D eigenvalue weighted by Gasteiger charge is -2.32. The number of rotatable bonds is 6. The number of anilines is 2. The monoisotopic (exact) mass is 492 g/mol. The minimum absolute atomic E-state index is 0.00689. The van der Waals surface area contributed by atoms with Crippen molar-refractivity contribution in [3.05, 3.63) is 42.2 Å². The summed E-state index contributed by atoms with van der Waals surface area (Å²) in [4.78, 5) is 26.3. The molecular weight excluding hydrogens is 469 g/mol. The number of aromatic nitrogens is 4. The first-order chi connectivity index (χ1) is 16.7. The van der Waals surface area contributed by atoms with Gasteiger partial charge in [-0.1, -0.05) is 0 Å². The molecule has 0 aliphatic carbocycles. The van der Waals surface area contributed by atoms with Gasteiger partial charge in [0.2, 0.25) is 5.91 Å².